The molecule has 0 radical (unpaired) electrons. The number of carboxylic acids is 1. The Morgan fingerprint density at radius 2 is 2.13 bits per heavy atom. The van der Waals surface area contributed by atoms with Crippen LogP contribution in [0.1, 0.15) is 23.2 Å². The summed E-state index contributed by atoms with van der Waals surface area (Å²) in [5, 5.41) is 10.1. The second-order valence-electron chi connectivity index (χ2n) is 5.74. The molecule has 6 heteroatoms. The Morgan fingerprint density at radius 1 is 1.35 bits per heavy atom. The lowest BCUT2D eigenvalue weighted by molar-refractivity contribution is -0.141. The first-order valence-corrected chi connectivity index (χ1v) is 7.74. The van der Waals surface area contributed by atoms with Gasteiger partial charge in [0.2, 0.25) is 0 Å². The number of methoxy groups -OCH3 is 1. The number of ether oxygens (including phenoxy) is 1. The predicted molar refractivity (Wildman–Crippen MR) is 85.5 cm³/mol. The molecule has 122 valence electrons. The van der Waals surface area contributed by atoms with Crippen molar-refractivity contribution in [2.24, 2.45) is 0 Å². The third-order valence-corrected chi connectivity index (χ3v) is 4.35. The van der Waals surface area contributed by atoms with Crippen LogP contribution in [0.15, 0.2) is 30.5 Å². The van der Waals surface area contributed by atoms with Crippen molar-refractivity contribution >= 4 is 22.8 Å². The third kappa shape index (κ3) is 2.82. The standard InChI is InChI=1S/C17H20N2O4/c1-23-10-9-18-11-13(12-5-2-3-6-14(12)18)16(20)19-8-4-7-15(19)17(21)22/h2-3,5-6,11,15H,4,7-10H2,1H3,(H,21,22)/t15-/m0/s1. The van der Waals surface area contributed by atoms with Crippen LogP contribution in [-0.2, 0) is 16.1 Å². The molecule has 2 aromatic rings. The van der Waals surface area contributed by atoms with Gasteiger partial charge in [0.05, 0.1) is 12.2 Å². The highest BCUT2D eigenvalue weighted by Gasteiger charge is 2.35. The molecule has 1 atom stereocenters. The summed E-state index contributed by atoms with van der Waals surface area (Å²) in [5.41, 5.74) is 1.52. The van der Waals surface area contributed by atoms with E-state index in [0.717, 1.165) is 17.3 Å². The summed E-state index contributed by atoms with van der Waals surface area (Å²) < 4.78 is 7.10. The van der Waals surface area contributed by atoms with E-state index in [4.69, 9.17) is 4.74 Å². The van der Waals surface area contributed by atoms with E-state index in [2.05, 4.69) is 0 Å². The predicted octanol–water partition coefficient (Wildman–Crippen LogP) is 1.98. The van der Waals surface area contributed by atoms with Crippen molar-refractivity contribution in [3.05, 3.63) is 36.0 Å². The molecule has 1 aromatic carbocycles. The van der Waals surface area contributed by atoms with Crippen LogP contribution in [0.4, 0.5) is 0 Å². The van der Waals surface area contributed by atoms with Crippen molar-refractivity contribution in [3.63, 3.8) is 0 Å². The van der Waals surface area contributed by atoms with Gasteiger partial charge in [-0.2, -0.15) is 0 Å². The highest BCUT2D eigenvalue weighted by molar-refractivity contribution is 6.08. The molecule has 1 aliphatic heterocycles. The maximum atomic E-state index is 12.9. The molecule has 6 nitrogen and oxygen atoms in total. The van der Waals surface area contributed by atoms with Crippen LogP contribution in [0.5, 0.6) is 0 Å². The minimum Gasteiger partial charge on any atom is -0.480 e. The lowest BCUT2D eigenvalue weighted by Gasteiger charge is -2.21. The Morgan fingerprint density at radius 3 is 2.87 bits per heavy atom. The number of amides is 1. The number of benzene rings is 1. The maximum Gasteiger partial charge on any atom is 0.326 e. The van der Waals surface area contributed by atoms with Gasteiger partial charge in [-0.25, -0.2) is 4.79 Å². The van der Waals surface area contributed by atoms with Crippen LogP contribution in [0.25, 0.3) is 10.9 Å². The van der Waals surface area contributed by atoms with E-state index in [1.807, 2.05) is 35.0 Å². The molecule has 0 spiro atoms. The molecule has 1 N–H and O–H groups in total. The Hall–Kier alpha value is -2.34. The molecule has 1 aliphatic rings. The van der Waals surface area contributed by atoms with E-state index in [1.54, 1.807) is 7.11 Å². The van der Waals surface area contributed by atoms with E-state index >= 15 is 0 Å². The number of carbonyl (C=O) groups excluding carboxylic acids is 1. The molecule has 0 saturated carbocycles. The van der Waals surface area contributed by atoms with Gasteiger partial charge < -0.3 is 19.3 Å². The number of aromatic nitrogens is 1. The van der Waals surface area contributed by atoms with Gasteiger partial charge in [0.15, 0.2) is 0 Å². The smallest absolute Gasteiger partial charge is 0.326 e. The molecule has 0 bridgehead atoms. The van der Waals surface area contributed by atoms with Crippen molar-refractivity contribution in [1.82, 2.24) is 9.47 Å². The fourth-order valence-corrected chi connectivity index (χ4v) is 3.21. The van der Waals surface area contributed by atoms with Crippen molar-refractivity contribution in [3.8, 4) is 0 Å². The minimum atomic E-state index is -0.932. The van der Waals surface area contributed by atoms with Gasteiger partial charge in [-0.05, 0) is 18.9 Å². The van der Waals surface area contributed by atoms with Gasteiger partial charge in [0, 0.05) is 37.3 Å². The number of likely N-dealkylation sites (tertiary alicyclic amines) is 1. The van der Waals surface area contributed by atoms with E-state index < -0.39 is 12.0 Å². The highest BCUT2D eigenvalue weighted by atomic mass is 16.5. The van der Waals surface area contributed by atoms with Gasteiger partial charge >= 0.3 is 5.97 Å². The Kier molecular flexibility index (Phi) is 4.34. The van der Waals surface area contributed by atoms with E-state index in [0.29, 0.717) is 31.7 Å². The minimum absolute atomic E-state index is 0.206. The molecule has 2 heterocycles. The number of hydrogen-bond acceptors (Lipinski definition) is 3. The van der Waals surface area contributed by atoms with Crippen LogP contribution < -0.4 is 0 Å². The van der Waals surface area contributed by atoms with Gasteiger partial charge in [-0.3, -0.25) is 4.79 Å². The summed E-state index contributed by atoms with van der Waals surface area (Å²) in [5.74, 6) is -1.14. The number of hydrogen-bond donors (Lipinski definition) is 1. The zero-order valence-electron chi connectivity index (χ0n) is 13.1. The van der Waals surface area contributed by atoms with Crippen molar-refractivity contribution in [2.45, 2.75) is 25.4 Å². The number of rotatable bonds is 5. The first kappa shape index (κ1) is 15.6. The van der Waals surface area contributed by atoms with Crippen molar-refractivity contribution < 1.29 is 19.4 Å². The molecular formula is C17H20N2O4. The SMILES string of the molecule is COCCn1cc(C(=O)N2CCC[C@H]2C(=O)O)c2ccccc21. The van der Waals surface area contributed by atoms with Crippen LogP contribution in [0.2, 0.25) is 0 Å². The largest absolute Gasteiger partial charge is 0.480 e. The lowest BCUT2D eigenvalue weighted by atomic mass is 10.1. The molecule has 0 aliphatic carbocycles. The third-order valence-electron chi connectivity index (χ3n) is 4.35. The van der Waals surface area contributed by atoms with E-state index in [1.165, 1.54) is 4.90 Å². The van der Waals surface area contributed by atoms with E-state index in [-0.39, 0.29) is 5.91 Å². The Balaban J connectivity index is 1.99. The van der Waals surface area contributed by atoms with Gasteiger partial charge in [-0.15, -0.1) is 0 Å². The first-order chi connectivity index (χ1) is 11.1. The number of carbonyl (C=O) groups is 2. The molecule has 3 rings (SSSR count). The summed E-state index contributed by atoms with van der Waals surface area (Å²) in [4.78, 5) is 25.7. The fourth-order valence-electron chi connectivity index (χ4n) is 3.21. The summed E-state index contributed by atoms with van der Waals surface area (Å²) in [6.07, 6.45) is 3.05. The average Bonchev–Trinajstić information content (AvgIpc) is 3.17. The summed E-state index contributed by atoms with van der Waals surface area (Å²) in [7, 11) is 1.64. The second kappa shape index (κ2) is 6.42. The monoisotopic (exact) mass is 316 g/mol. The van der Waals surface area contributed by atoms with Crippen LogP contribution in [0, 0.1) is 0 Å². The number of para-hydroxylation sites is 1. The first-order valence-electron chi connectivity index (χ1n) is 7.74. The normalized spacial score (nSPS) is 17.8. The number of nitrogens with zero attached hydrogens (tertiary/aromatic N) is 2. The van der Waals surface area contributed by atoms with E-state index in [9.17, 15) is 14.7 Å². The summed E-state index contributed by atoms with van der Waals surface area (Å²) >= 11 is 0. The molecule has 1 aromatic heterocycles. The Bertz CT molecular complexity index is 737. The highest BCUT2D eigenvalue weighted by Crippen LogP contribution is 2.26. The van der Waals surface area contributed by atoms with Gasteiger partial charge in [0.1, 0.15) is 6.04 Å². The summed E-state index contributed by atoms with van der Waals surface area (Å²) in [6.45, 7) is 1.69. The zero-order chi connectivity index (χ0) is 16.4. The van der Waals surface area contributed by atoms with Crippen LogP contribution in [0.3, 0.4) is 0 Å². The van der Waals surface area contributed by atoms with Crippen molar-refractivity contribution in [1.29, 1.82) is 0 Å². The average molecular weight is 316 g/mol. The second-order valence-corrected chi connectivity index (χ2v) is 5.74. The molecule has 0 unspecified atom stereocenters. The van der Waals surface area contributed by atoms with Gasteiger partial charge in [-0.1, -0.05) is 18.2 Å². The molecule has 1 amide bonds. The van der Waals surface area contributed by atoms with Crippen molar-refractivity contribution in [2.75, 3.05) is 20.3 Å². The number of aliphatic carboxylic acids is 1. The molecule has 1 saturated heterocycles. The molecular weight excluding hydrogens is 296 g/mol. The quantitative estimate of drug-likeness (QED) is 0.915. The number of carboxylic acid groups (broad SMARTS) is 1. The molecule has 23 heavy (non-hydrogen) atoms. The van der Waals surface area contributed by atoms with Crippen LogP contribution >= 0.6 is 0 Å². The summed E-state index contributed by atoms with van der Waals surface area (Å²) in [6, 6.07) is 6.95. The number of fused-ring (bicyclic) bond motifs is 1. The molecule has 1 fully saturated rings. The van der Waals surface area contributed by atoms with Gasteiger partial charge in [0.25, 0.3) is 5.91 Å². The Labute approximate surface area is 134 Å². The van der Waals surface area contributed by atoms with Crippen LogP contribution in [-0.4, -0.2) is 52.8 Å². The zero-order valence-corrected chi connectivity index (χ0v) is 13.1. The fraction of sp³-hybridized carbons (Fsp3) is 0.412. The maximum absolute atomic E-state index is 12.9. The lowest BCUT2D eigenvalue weighted by Crippen LogP contribution is -2.40. The topological polar surface area (TPSA) is 71.8 Å².